The van der Waals surface area contributed by atoms with Gasteiger partial charge in [0.15, 0.2) is 27.2 Å². The molecule has 0 amide bonds. The normalized spacial score (nSPS) is 12.3. The van der Waals surface area contributed by atoms with Gasteiger partial charge in [-0.2, -0.15) is 0 Å². The molecule has 1 atom stereocenters. The Morgan fingerprint density at radius 2 is 1.73 bits per heavy atom. The number of ether oxygens (including phenoxy) is 1. The highest BCUT2D eigenvalue weighted by Gasteiger charge is 2.17. The van der Waals surface area contributed by atoms with Crippen LogP contribution in [0.15, 0.2) is 90.2 Å². The minimum absolute atomic E-state index is 0.0623. The number of aromatic nitrogens is 3. The highest BCUT2D eigenvalue weighted by molar-refractivity contribution is 7.90. The van der Waals surface area contributed by atoms with Crippen molar-refractivity contribution >= 4 is 32.9 Å². The molecule has 2 aromatic carbocycles. The fourth-order valence-electron chi connectivity index (χ4n) is 4.33. The van der Waals surface area contributed by atoms with Crippen molar-refractivity contribution < 1.29 is 22.3 Å². The first-order chi connectivity index (χ1) is 19.1. The van der Waals surface area contributed by atoms with Crippen LogP contribution in [0.3, 0.4) is 0 Å². The number of carbonyl (C=O) groups is 1. The standard InChI is InChI=1S/C30H27FN4O4S/c1-19(21-8-11-24(31)12-9-21)26(36)14-20-4-6-22(7-5-20)23-10-13-29-33-28(18-35(29)17-23)34-30-27(39-2)15-25(16-32-30)40(3,37)38/h4-13,15-19H,14H2,1-3H3,(H,32,34)/t19-/m1/s1. The van der Waals surface area contributed by atoms with Gasteiger partial charge in [0, 0.05) is 37.1 Å². The van der Waals surface area contributed by atoms with Gasteiger partial charge in [0.25, 0.3) is 0 Å². The lowest BCUT2D eigenvalue weighted by Gasteiger charge is -2.11. The Hall–Kier alpha value is -4.57. The third-order valence-corrected chi connectivity index (χ3v) is 7.77. The van der Waals surface area contributed by atoms with Crippen LogP contribution in [-0.4, -0.2) is 41.9 Å². The molecule has 0 aliphatic carbocycles. The van der Waals surface area contributed by atoms with E-state index >= 15 is 0 Å². The number of Topliss-reactive ketones (excluding diaryl/α,β-unsaturated/α-hetero) is 1. The van der Waals surface area contributed by atoms with Gasteiger partial charge in [-0.1, -0.05) is 43.3 Å². The Morgan fingerprint density at radius 3 is 2.40 bits per heavy atom. The van der Waals surface area contributed by atoms with Crippen molar-refractivity contribution in [1.29, 1.82) is 0 Å². The van der Waals surface area contributed by atoms with Crippen LogP contribution in [0.25, 0.3) is 16.8 Å². The summed E-state index contributed by atoms with van der Waals surface area (Å²) in [5, 5.41) is 3.09. The summed E-state index contributed by atoms with van der Waals surface area (Å²) in [7, 11) is -1.98. The van der Waals surface area contributed by atoms with Crippen molar-refractivity contribution in [3.63, 3.8) is 0 Å². The molecule has 0 saturated heterocycles. The zero-order valence-corrected chi connectivity index (χ0v) is 22.9. The molecule has 10 heteroatoms. The highest BCUT2D eigenvalue weighted by Crippen LogP contribution is 2.29. The van der Waals surface area contributed by atoms with Gasteiger partial charge >= 0.3 is 0 Å². The Labute approximate surface area is 231 Å². The van der Waals surface area contributed by atoms with Crippen LogP contribution in [0.5, 0.6) is 5.75 Å². The fourth-order valence-corrected chi connectivity index (χ4v) is 4.89. The summed E-state index contributed by atoms with van der Waals surface area (Å²) < 4.78 is 44.1. The van der Waals surface area contributed by atoms with Crippen LogP contribution in [-0.2, 0) is 21.1 Å². The SMILES string of the molecule is COc1cc(S(C)(=O)=O)cnc1Nc1cn2cc(-c3ccc(CC(=O)[C@H](C)c4ccc(F)cc4)cc3)ccc2n1. The van der Waals surface area contributed by atoms with Crippen molar-refractivity contribution in [3.05, 3.63) is 102 Å². The molecule has 3 aromatic heterocycles. The molecule has 0 saturated carbocycles. The van der Waals surface area contributed by atoms with E-state index in [1.807, 2.05) is 53.9 Å². The number of rotatable bonds is 9. The monoisotopic (exact) mass is 558 g/mol. The van der Waals surface area contributed by atoms with Gasteiger partial charge in [-0.05, 0) is 46.5 Å². The minimum Gasteiger partial charge on any atom is -0.493 e. The Balaban J connectivity index is 1.30. The van der Waals surface area contributed by atoms with Crippen molar-refractivity contribution in [3.8, 4) is 16.9 Å². The Kier molecular flexibility index (Phi) is 7.36. The van der Waals surface area contributed by atoms with Crippen LogP contribution in [0.4, 0.5) is 16.0 Å². The van der Waals surface area contributed by atoms with E-state index in [1.54, 1.807) is 18.3 Å². The minimum atomic E-state index is -3.42. The second-order valence-electron chi connectivity index (χ2n) is 9.54. The van der Waals surface area contributed by atoms with E-state index in [9.17, 15) is 17.6 Å². The highest BCUT2D eigenvalue weighted by atomic mass is 32.2. The summed E-state index contributed by atoms with van der Waals surface area (Å²) in [6.07, 6.45) is 6.42. The van der Waals surface area contributed by atoms with E-state index in [2.05, 4.69) is 15.3 Å². The molecule has 0 fully saturated rings. The number of nitrogens with zero attached hydrogens (tertiary/aromatic N) is 3. The smallest absolute Gasteiger partial charge is 0.177 e. The Bertz CT molecular complexity index is 1800. The molecular formula is C30H27FN4O4S. The first-order valence-corrected chi connectivity index (χ1v) is 14.4. The van der Waals surface area contributed by atoms with Gasteiger partial charge in [-0.3, -0.25) is 4.79 Å². The van der Waals surface area contributed by atoms with Gasteiger partial charge in [0.2, 0.25) is 0 Å². The summed E-state index contributed by atoms with van der Waals surface area (Å²) >= 11 is 0. The van der Waals surface area contributed by atoms with E-state index in [0.29, 0.717) is 17.3 Å². The second-order valence-corrected chi connectivity index (χ2v) is 11.6. The maximum Gasteiger partial charge on any atom is 0.177 e. The van der Waals surface area contributed by atoms with Crippen molar-refractivity contribution in [2.75, 3.05) is 18.7 Å². The summed E-state index contributed by atoms with van der Waals surface area (Å²) in [6, 6.07) is 19.1. The number of fused-ring (bicyclic) bond motifs is 1. The number of benzene rings is 2. The quantitative estimate of drug-likeness (QED) is 0.251. The molecule has 0 spiro atoms. The molecule has 8 nitrogen and oxygen atoms in total. The summed E-state index contributed by atoms with van der Waals surface area (Å²) in [5.74, 6) is 0.567. The molecule has 40 heavy (non-hydrogen) atoms. The lowest BCUT2D eigenvalue weighted by molar-refractivity contribution is -0.119. The second kappa shape index (κ2) is 10.9. The summed E-state index contributed by atoms with van der Waals surface area (Å²) in [5.41, 5.74) is 4.34. The lowest BCUT2D eigenvalue weighted by atomic mass is 9.92. The molecule has 0 bridgehead atoms. The first kappa shape index (κ1) is 27.0. The zero-order valence-electron chi connectivity index (χ0n) is 22.1. The topological polar surface area (TPSA) is 103 Å². The number of halogens is 1. The van der Waals surface area contributed by atoms with Crippen LogP contribution in [0.1, 0.15) is 24.0 Å². The van der Waals surface area contributed by atoms with Crippen molar-refractivity contribution in [2.45, 2.75) is 24.2 Å². The maximum atomic E-state index is 13.2. The summed E-state index contributed by atoms with van der Waals surface area (Å²) in [6.45, 7) is 1.84. The average Bonchev–Trinajstić information content (AvgIpc) is 3.34. The third-order valence-electron chi connectivity index (χ3n) is 6.69. The molecule has 204 valence electrons. The largest absolute Gasteiger partial charge is 0.493 e. The van der Waals surface area contributed by atoms with E-state index in [-0.39, 0.29) is 34.6 Å². The van der Waals surface area contributed by atoms with Crippen LogP contribution in [0.2, 0.25) is 0 Å². The third kappa shape index (κ3) is 5.86. The molecule has 0 radical (unpaired) electrons. The fraction of sp³-hybridized carbons (Fsp3) is 0.167. The van der Waals surface area contributed by atoms with E-state index in [0.717, 1.165) is 28.5 Å². The molecule has 0 aliphatic rings. The molecular weight excluding hydrogens is 531 g/mol. The lowest BCUT2D eigenvalue weighted by Crippen LogP contribution is -2.12. The predicted octanol–water partition coefficient (Wildman–Crippen LogP) is 5.61. The summed E-state index contributed by atoms with van der Waals surface area (Å²) in [4.78, 5) is 21.6. The molecule has 0 unspecified atom stereocenters. The number of methoxy groups -OCH3 is 1. The van der Waals surface area contributed by atoms with Gasteiger partial charge in [-0.15, -0.1) is 0 Å². The number of ketones is 1. The maximum absolute atomic E-state index is 13.2. The van der Waals surface area contributed by atoms with Crippen LogP contribution < -0.4 is 10.1 Å². The first-order valence-electron chi connectivity index (χ1n) is 12.5. The van der Waals surface area contributed by atoms with Crippen molar-refractivity contribution in [1.82, 2.24) is 14.4 Å². The Morgan fingerprint density at radius 1 is 1.02 bits per heavy atom. The molecule has 3 heterocycles. The number of pyridine rings is 2. The number of nitrogens with one attached hydrogen (secondary N) is 1. The number of carbonyl (C=O) groups excluding carboxylic acids is 1. The zero-order chi connectivity index (χ0) is 28.4. The van der Waals surface area contributed by atoms with Gasteiger partial charge < -0.3 is 14.5 Å². The van der Waals surface area contributed by atoms with Gasteiger partial charge in [0.05, 0.1) is 18.2 Å². The molecule has 0 aliphatic heterocycles. The number of sulfone groups is 1. The predicted molar refractivity (Wildman–Crippen MR) is 151 cm³/mol. The molecule has 5 rings (SSSR count). The number of hydrogen-bond donors (Lipinski definition) is 1. The molecule has 1 N–H and O–H groups in total. The number of imidazole rings is 1. The van der Waals surface area contributed by atoms with E-state index in [1.165, 1.54) is 31.5 Å². The van der Waals surface area contributed by atoms with E-state index in [4.69, 9.17) is 4.74 Å². The number of anilines is 2. The van der Waals surface area contributed by atoms with Crippen molar-refractivity contribution in [2.24, 2.45) is 0 Å². The van der Waals surface area contributed by atoms with Crippen LogP contribution >= 0.6 is 0 Å². The average molecular weight is 559 g/mol. The van der Waals surface area contributed by atoms with E-state index < -0.39 is 9.84 Å². The van der Waals surface area contributed by atoms with Gasteiger partial charge in [-0.25, -0.2) is 22.8 Å². The number of hydrogen-bond acceptors (Lipinski definition) is 7. The molecule has 5 aromatic rings. The van der Waals surface area contributed by atoms with Crippen LogP contribution in [0, 0.1) is 5.82 Å². The van der Waals surface area contributed by atoms with Gasteiger partial charge in [0.1, 0.15) is 17.2 Å².